The topological polar surface area (TPSA) is 50.9 Å². The number of benzene rings is 1. The molecule has 0 amide bonds. The van der Waals surface area contributed by atoms with E-state index in [-0.39, 0.29) is 12.4 Å². The monoisotopic (exact) mass is 283 g/mol. The summed E-state index contributed by atoms with van der Waals surface area (Å²) in [6.07, 6.45) is 2.88. The Balaban J connectivity index is 0.00000162. The van der Waals surface area contributed by atoms with Gasteiger partial charge in [0.05, 0.1) is 0 Å². The van der Waals surface area contributed by atoms with Gasteiger partial charge in [0.2, 0.25) is 0 Å². The van der Waals surface area contributed by atoms with Crippen molar-refractivity contribution in [3.63, 3.8) is 0 Å². The fourth-order valence-electron chi connectivity index (χ4n) is 1.72. The Kier molecular flexibility index (Phi) is 6.12. The van der Waals surface area contributed by atoms with Crippen molar-refractivity contribution in [2.45, 2.75) is 19.9 Å². The summed E-state index contributed by atoms with van der Waals surface area (Å²) in [6, 6.07) is 8.62. The Morgan fingerprint density at radius 3 is 2.89 bits per heavy atom. The molecule has 0 aliphatic carbocycles. The molecule has 0 atom stereocenters. The summed E-state index contributed by atoms with van der Waals surface area (Å²) in [5.41, 5.74) is 8.26. The van der Waals surface area contributed by atoms with E-state index in [9.17, 15) is 0 Å². The Hall–Kier alpha value is -1.10. The van der Waals surface area contributed by atoms with Gasteiger partial charge in [-0.15, -0.1) is 23.7 Å². The third-order valence-electron chi connectivity index (χ3n) is 2.54. The highest BCUT2D eigenvalue weighted by Gasteiger charge is 1.98. The maximum absolute atomic E-state index is 5.57. The minimum atomic E-state index is 0. The lowest BCUT2D eigenvalue weighted by Crippen LogP contribution is -2.15. The predicted molar refractivity (Wildman–Crippen MR) is 80.4 cm³/mol. The molecule has 5 heteroatoms. The number of rotatable bonds is 5. The van der Waals surface area contributed by atoms with Gasteiger partial charge < -0.3 is 11.1 Å². The lowest BCUT2D eigenvalue weighted by Gasteiger charge is -2.04. The minimum absolute atomic E-state index is 0. The maximum atomic E-state index is 5.57. The molecule has 3 N–H and O–H groups in total. The van der Waals surface area contributed by atoms with Crippen LogP contribution in [0.4, 0.5) is 5.13 Å². The lowest BCUT2D eigenvalue weighted by molar-refractivity contribution is 0.692. The molecule has 0 radical (unpaired) electrons. The van der Waals surface area contributed by atoms with E-state index in [1.54, 1.807) is 11.3 Å². The van der Waals surface area contributed by atoms with Crippen LogP contribution >= 0.6 is 23.7 Å². The minimum Gasteiger partial charge on any atom is -0.375 e. The molecule has 0 aliphatic rings. The fraction of sp³-hybridized carbons (Fsp3) is 0.308. The molecule has 0 saturated carbocycles. The zero-order valence-electron chi connectivity index (χ0n) is 10.3. The van der Waals surface area contributed by atoms with Crippen LogP contribution in [0.5, 0.6) is 0 Å². The summed E-state index contributed by atoms with van der Waals surface area (Å²) in [7, 11) is 0. The van der Waals surface area contributed by atoms with Gasteiger partial charge in [0.1, 0.15) is 0 Å². The Bertz CT molecular complexity index is 485. The van der Waals surface area contributed by atoms with Crippen LogP contribution in [0.2, 0.25) is 0 Å². The van der Waals surface area contributed by atoms with Crippen molar-refractivity contribution in [3.05, 3.63) is 46.5 Å². The van der Waals surface area contributed by atoms with Gasteiger partial charge in [-0.25, -0.2) is 4.98 Å². The third kappa shape index (κ3) is 4.64. The van der Waals surface area contributed by atoms with Crippen LogP contribution < -0.4 is 11.1 Å². The molecule has 0 aliphatic heterocycles. The molecule has 1 aromatic heterocycles. The van der Waals surface area contributed by atoms with Crippen molar-refractivity contribution >= 4 is 28.9 Å². The first-order valence-electron chi connectivity index (χ1n) is 5.70. The van der Waals surface area contributed by atoms with E-state index in [0.717, 1.165) is 19.5 Å². The van der Waals surface area contributed by atoms with Crippen molar-refractivity contribution in [3.8, 4) is 0 Å². The van der Waals surface area contributed by atoms with Crippen LogP contribution in [-0.4, -0.2) is 11.5 Å². The van der Waals surface area contributed by atoms with E-state index >= 15 is 0 Å². The van der Waals surface area contributed by atoms with Crippen molar-refractivity contribution < 1.29 is 0 Å². The number of hydrogen-bond acceptors (Lipinski definition) is 4. The number of nitrogens with two attached hydrogens (primary N) is 1. The highest BCUT2D eigenvalue weighted by molar-refractivity contribution is 7.15. The number of thiazole rings is 1. The van der Waals surface area contributed by atoms with Crippen LogP contribution in [0.3, 0.4) is 0 Å². The maximum Gasteiger partial charge on any atom is 0.180 e. The average molecular weight is 284 g/mol. The summed E-state index contributed by atoms with van der Waals surface area (Å²) in [6.45, 7) is 3.94. The van der Waals surface area contributed by atoms with Gasteiger partial charge in [0.15, 0.2) is 5.13 Å². The van der Waals surface area contributed by atoms with Gasteiger partial charge in [-0.2, -0.15) is 0 Å². The quantitative estimate of drug-likeness (QED) is 0.830. The first-order valence-corrected chi connectivity index (χ1v) is 6.52. The van der Waals surface area contributed by atoms with Crippen molar-refractivity contribution in [1.82, 2.24) is 10.3 Å². The van der Waals surface area contributed by atoms with Crippen LogP contribution in [0.1, 0.15) is 16.0 Å². The largest absolute Gasteiger partial charge is 0.375 e. The van der Waals surface area contributed by atoms with E-state index in [1.807, 2.05) is 6.20 Å². The molecule has 0 unspecified atom stereocenters. The molecule has 2 aromatic rings. The second kappa shape index (κ2) is 7.36. The molecule has 1 aromatic carbocycles. The average Bonchev–Trinajstić information content (AvgIpc) is 2.71. The fourth-order valence-corrected chi connectivity index (χ4v) is 2.37. The molecule has 0 bridgehead atoms. The number of halogens is 1. The summed E-state index contributed by atoms with van der Waals surface area (Å²) in [5.74, 6) is 0. The molecule has 0 spiro atoms. The second-order valence-corrected chi connectivity index (χ2v) is 5.23. The number of hydrogen-bond donors (Lipinski definition) is 2. The van der Waals surface area contributed by atoms with Gasteiger partial charge >= 0.3 is 0 Å². The van der Waals surface area contributed by atoms with Gasteiger partial charge in [0.25, 0.3) is 0 Å². The summed E-state index contributed by atoms with van der Waals surface area (Å²) in [4.78, 5) is 5.21. The summed E-state index contributed by atoms with van der Waals surface area (Å²) >= 11 is 1.54. The first kappa shape index (κ1) is 15.0. The van der Waals surface area contributed by atoms with E-state index in [1.165, 1.54) is 16.0 Å². The van der Waals surface area contributed by atoms with E-state index in [4.69, 9.17) is 5.73 Å². The number of aryl methyl sites for hydroxylation is 1. The lowest BCUT2D eigenvalue weighted by atomic mass is 10.1. The summed E-state index contributed by atoms with van der Waals surface area (Å²) in [5, 5.41) is 4.04. The molecular weight excluding hydrogens is 266 g/mol. The van der Waals surface area contributed by atoms with Crippen LogP contribution in [0.15, 0.2) is 30.5 Å². The second-order valence-electron chi connectivity index (χ2n) is 4.08. The number of nitrogens with one attached hydrogen (secondary N) is 1. The Morgan fingerprint density at radius 2 is 2.22 bits per heavy atom. The molecule has 2 rings (SSSR count). The van der Waals surface area contributed by atoms with Crippen LogP contribution in [-0.2, 0) is 13.0 Å². The van der Waals surface area contributed by atoms with Crippen molar-refractivity contribution in [2.24, 2.45) is 0 Å². The normalized spacial score (nSPS) is 10.1. The van der Waals surface area contributed by atoms with Gasteiger partial charge in [-0.3, -0.25) is 0 Å². The summed E-state index contributed by atoms with van der Waals surface area (Å²) < 4.78 is 0. The van der Waals surface area contributed by atoms with Gasteiger partial charge in [0, 0.05) is 17.6 Å². The SMILES string of the molecule is Cc1cccc(CCNCc2cnc(N)s2)c1.Cl. The molecule has 18 heavy (non-hydrogen) atoms. The molecule has 98 valence electrons. The zero-order valence-corrected chi connectivity index (χ0v) is 12.0. The standard InChI is InChI=1S/C13H17N3S.ClH/c1-10-3-2-4-11(7-10)5-6-15-8-12-9-16-13(14)17-12;/h2-4,7,9,15H,5-6,8H2,1H3,(H2,14,16);1H. The predicted octanol–water partition coefficient (Wildman–Crippen LogP) is 2.79. The molecule has 3 nitrogen and oxygen atoms in total. The van der Waals surface area contributed by atoms with E-state index in [2.05, 4.69) is 41.5 Å². The van der Waals surface area contributed by atoms with E-state index in [0.29, 0.717) is 5.13 Å². The third-order valence-corrected chi connectivity index (χ3v) is 3.37. The van der Waals surface area contributed by atoms with Gasteiger partial charge in [-0.1, -0.05) is 29.8 Å². The highest BCUT2D eigenvalue weighted by atomic mass is 35.5. The number of anilines is 1. The van der Waals surface area contributed by atoms with Crippen molar-refractivity contribution in [1.29, 1.82) is 0 Å². The Morgan fingerprint density at radius 1 is 1.39 bits per heavy atom. The zero-order chi connectivity index (χ0) is 12.1. The molecule has 1 heterocycles. The smallest absolute Gasteiger partial charge is 0.180 e. The van der Waals surface area contributed by atoms with Crippen molar-refractivity contribution in [2.75, 3.05) is 12.3 Å². The Labute approximate surface area is 118 Å². The molecule has 0 saturated heterocycles. The first-order chi connectivity index (χ1) is 8.24. The number of nitrogens with zero attached hydrogens (tertiary/aromatic N) is 1. The molecule has 0 fully saturated rings. The van der Waals surface area contributed by atoms with E-state index < -0.39 is 0 Å². The van der Waals surface area contributed by atoms with Gasteiger partial charge in [-0.05, 0) is 25.5 Å². The number of nitrogen functional groups attached to an aromatic ring is 1. The highest BCUT2D eigenvalue weighted by Crippen LogP contribution is 2.13. The molecular formula is C13H18ClN3S. The number of aromatic nitrogens is 1. The van der Waals surface area contributed by atoms with Crippen LogP contribution in [0.25, 0.3) is 0 Å². The van der Waals surface area contributed by atoms with Crippen LogP contribution in [0, 0.1) is 6.92 Å².